The predicted molar refractivity (Wildman–Crippen MR) is 100 cm³/mol. The molecule has 5 aliphatic heterocycles. The van der Waals surface area contributed by atoms with Gasteiger partial charge < -0.3 is 14.4 Å². The maximum atomic E-state index is 13.3. The van der Waals surface area contributed by atoms with Gasteiger partial charge in [0, 0.05) is 30.9 Å². The number of ether oxygens (including phenoxy) is 2. The smallest absolute Gasteiger partial charge is 0.274 e. The van der Waals surface area contributed by atoms with Gasteiger partial charge in [0.2, 0.25) is 6.79 Å². The summed E-state index contributed by atoms with van der Waals surface area (Å²) in [6.07, 6.45) is 7.10. The Morgan fingerprint density at radius 2 is 1.93 bits per heavy atom. The monoisotopic (exact) mass is 378 g/mol. The van der Waals surface area contributed by atoms with Gasteiger partial charge in [-0.1, -0.05) is 6.07 Å². The molecule has 7 heteroatoms. The highest BCUT2D eigenvalue weighted by Gasteiger charge is 2.55. The molecule has 0 unspecified atom stereocenters. The number of likely N-dealkylation sites (tertiary alicyclic amines) is 1. The molecule has 4 saturated heterocycles. The average molecular weight is 378 g/mol. The summed E-state index contributed by atoms with van der Waals surface area (Å²) in [6, 6.07) is 6.83. The van der Waals surface area contributed by atoms with Crippen molar-refractivity contribution in [1.29, 1.82) is 0 Å². The van der Waals surface area contributed by atoms with Crippen LogP contribution in [0.15, 0.2) is 36.8 Å². The predicted octanol–water partition coefficient (Wildman–Crippen LogP) is 1.91. The van der Waals surface area contributed by atoms with Crippen molar-refractivity contribution in [3.8, 4) is 11.5 Å². The van der Waals surface area contributed by atoms with E-state index in [1.165, 1.54) is 18.4 Å². The van der Waals surface area contributed by atoms with E-state index in [0.29, 0.717) is 24.2 Å². The van der Waals surface area contributed by atoms with Crippen molar-refractivity contribution >= 4 is 5.91 Å². The van der Waals surface area contributed by atoms with Crippen molar-refractivity contribution < 1.29 is 14.3 Å². The highest BCUT2D eigenvalue weighted by Crippen LogP contribution is 2.48. The quantitative estimate of drug-likeness (QED) is 0.795. The second-order valence-electron chi connectivity index (χ2n) is 8.12. The lowest BCUT2D eigenvalue weighted by Crippen LogP contribution is -2.60. The van der Waals surface area contributed by atoms with Crippen LogP contribution in [-0.4, -0.2) is 64.2 Å². The number of carbonyl (C=O) groups is 1. The van der Waals surface area contributed by atoms with Gasteiger partial charge in [0.15, 0.2) is 11.5 Å². The lowest BCUT2D eigenvalue weighted by Gasteiger charge is -2.51. The number of hydrogen-bond acceptors (Lipinski definition) is 6. The standard InChI is InChI=1S/C21H22N4O3/c26-21(16-10-22-5-6-23-16)25-11-15(14-1-2-17-18(9-14)28-12-27-17)20-19(25)13-3-7-24(20)8-4-13/h1-2,5-6,9-10,13,15,19-20H,3-4,7-8,11-12H2/t15-,19-,20-/m1/s1. The summed E-state index contributed by atoms with van der Waals surface area (Å²) in [4.78, 5) is 26.3. The molecular weight excluding hydrogens is 356 g/mol. The fourth-order valence-corrected chi connectivity index (χ4v) is 5.65. The third-order valence-corrected chi connectivity index (χ3v) is 6.86. The van der Waals surface area contributed by atoms with Crippen LogP contribution in [0.25, 0.3) is 0 Å². The van der Waals surface area contributed by atoms with Crippen molar-refractivity contribution in [2.75, 3.05) is 26.4 Å². The van der Waals surface area contributed by atoms with Crippen molar-refractivity contribution in [3.05, 3.63) is 48.0 Å². The Labute approximate surface area is 163 Å². The SMILES string of the molecule is O=C(c1cnccn1)N1C[C@H](c2ccc3c(c2)OCO3)[C@@H]2[C@H]1C1CCN2CC1. The number of rotatable bonds is 2. The third-order valence-electron chi connectivity index (χ3n) is 6.86. The van der Waals surface area contributed by atoms with E-state index in [0.717, 1.165) is 24.6 Å². The minimum atomic E-state index is 0.0000864. The Morgan fingerprint density at radius 1 is 1.07 bits per heavy atom. The molecule has 3 atom stereocenters. The van der Waals surface area contributed by atoms with E-state index in [1.807, 2.05) is 6.07 Å². The highest BCUT2D eigenvalue weighted by molar-refractivity contribution is 5.92. The molecule has 0 N–H and O–H groups in total. The number of carbonyl (C=O) groups excluding carboxylic acids is 1. The van der Waals surface area contributed by atoms with Gasteiger partial charge in [0.25, 0.3) is 5.91 Å². The van der Waals surface area contributed by atoms with Crippen molar-refractivity contribution in [3.63, 3.8) is 0 Å². The van der Waals surface area contributed by atoms with E-state index < -0.39 is 0 Å². The highest BCUT2D eigenvalue weighted by atomic mass is 16.7. The van der Waals surface area contributed by atoms with E-state index >= 15 is 0 Å². The molecule has 6 heterocycles. The van der Waals surface area contributed by atoms with Crippen molar-refractivity contribution in [2.24, 2.45) is 5.92 Å². The number of nitrogens with zero attached hydrogens (tertiary/aromatic N) is 4. The molecule has 2 aromatic rings. The second-order valence-corrected chi connectivity index (χ2v) is 8.12. The first-order chi connectivity index (χ1) is 13.8. The summed E-state index contributed by atoms with van der Waals surface area (Å²) in [6.45, 7) is 3.23. The van der Waals surface area contributed by atoms with Crippen LogP contribution in [0.5, 0.6) is 11.5 Å². The second kappa shape index (κ2) is 6.17. The van der Waals surface area contributed by atoms with Crippen LogP contribution in [-0.2, 0) is 0 Å². The summed E-state index contributed by atoms with van der Waals surface area (Å²) in [5.74, 6) is 2.44. The molecule has 0 spiro atoms. The Bertz CT molecular complexity index is 913. The lowest BCUT2D eigenvalue weighted by molar-refractivity contribution is -0.00360. The van der Waals surface area contributed by atoms with Crippen LogP contribution in [0.3, 0.4) is 0 Å². The maximum absolute atomic E-state index is 13.3. The number of fused-ring (bicyclic) bond motifs is 3. The largest absolute Gasteiger partial charge is 0.454 e. The average Bonchev–Trinajstić information content (AvgIpc) is 3.40. The molecule has 1 amide bonds. The van der Waals surface area contributed by atoms with E-state index in [2.05, 4.69) is 31.9 Å². The Balaban J connectivity index is 1.39. The molecule has 0 aliphatic carbocycles. The Morgan fingerprint density at radius 3 is 2.75 bits per heavy atom. The van der Waals surface area contributed by atoms with Crippen LogP contribution in [0.1, 0.15) is 34.8 Å². The zero-order valence-corrected chi connectivity index (χ0v) is 15.5. The number of aromatic nitrogens is 2. The van der Waals surface area contributed by atoms with Crippen LogP contribution >= 0.6 is 0 Å². The van der Waals surface area contributed by atoms with Crippen LogP contribution in [0.2, 0.25) is 0 Å². The summed E-state index contributed by atoms with van der Waals surface area (Å²) >= 11 is 0. The molecular formula is C21H22N4O3. The zero-order valence-electron chi connectivity index (χ0n) is 15.5. The van der Waals surface area contributed by atoms with Gasteiger partial charge >= 0.3 is 0 Å². The van der Waals surface area contributed by atoms with Gasteiger partial charge in [0.05, 0.1) is 12.2 Å². The van der Waals surface area contributed by atoms with E-state index in [-0.39, 0.29) is 24.7 Å². The van der Waals surface area contributed by atoms with Gasteiger partial charge in [-0.25, -0.2) is 4.98 Å². The number of piperidine rings is 3. The molecule has 4 fully saturated rings. The molecule has 1 aromatic heterocycles. The van der Waals surface area contributed by atoms with Gasteiger partial charge in [-0.05, 0) is 49.5 Å². The Hall–Kier alpha value is -2.67. The molecule has 0 radical (unpaired) electrons. The summed E-state index contributed by atoms with van der Waals surface area (Å²) < 4.78 is 11.1. The molecule has 144 valence electrons. The molecule has 28 heavy (non-hydrogen) atoms. The molecule has 5 aliphatic rings. The minimum Gasteiger partial charge on any atom is -0.454 e. The van der Waals surface area contributed by atoms with Gasteiger partial charge in [-0.2, -0.15) is 0 Å². The lowest BCUT2D eigenvalue weighted by atomic mass is 9.75. The number of amides is 1. The first kappa shape index (κ1) is 16.3. The topological polar surface area (TPSA) is 67.8 Å². The fourth-order valence-electron chi connectivity index (χ4n) is 5.65. The van der Waals surface area contributed by atoms with E-state index in [1.54, 1.807) is 18.6 Å². The molecule has 2 bridgehead atoms. The van der Waals surface area contributed by atoms with Crippen LogP contribution in [0, 0.1) is 5.92 Å². The van der Waals surface area contributed by atoms with Crippen LogP contribution < -0.4 is 9.47 Å². The normalized spacial score (nSPS) is 32.4. The first-order valence-electron chi connectivity index (χ1n) is 10.0. The summed E-state index contributed by atoms with van der Waals surface area (Å²) in [7, 11) is 0. The zero-order chi connectivity index (χ0) is 18.7. The third kappa shape index (κ3) is 2.35. The molecule has 0 saturated carbocycles. The van der Waals surface area contributed by atoms with Crippen molar-refractivity contribution in [1.82, 2.24) is 19.8 Å². The number of benzene rings is 1. The molecule has 1 aromatic carbocycles. The van der Waals surface area contributed by atoms with Gasteiger partial charge in [0.1, 0.15) is 5.69 Å². The Kier molecular flexibility index (Phi) is 3.59. The summed E-state index contributed by atoms with van der Waals surface area (Å²) in [5.41, 5.74) is 1.66. The fraction of sp³-hybridized carbons (Fsp3) is 0.476. The minimum absolute atomic E-state index is 0.0000864. The van der Waals surface area contributed by atoms with Gasteiger partial charge in [-0.3, -0.25) is 14.7 Å². The maximum Gasteiger partial charge on any atom is 0.274 e. The number of hydrogen-bond donors (Lipinski definition) is 0. The van der Waals surface area contributed by atoms with Gasteiger partial charge in [-0.15, -0.1) is 0 Å². The molecule has 7 rings (SSSR count). The summed E-state index contributed by atoms with van der Waals surface area (Å²) in [5, 5.41) is 0. The van der Waals surface area contributed by atoms with E-state index in [4.69, 9.17) is 9.47 Å². The first-order valence-corrected chi connectivity index (χ1v) is 10.0. The van der Waals surface area contributed by atoms with E-state index in [9.17, 15) is 4.79 Å². The van der Waals surface area contributed by atoms with Crippen LogP contribution in [0.4, 0.5) is 0 Å². The molecule has 7 nitrogen and oxygen atoms in total. The van der Waals surface area contributed by atoms with Crippen molar-refractivity contribution in [2.45, 2.75) is 30.8 Å².